The molecule has 0 aliphatic heterocycles. The lowest BCUT2D eigenvalue weighted by Gasteiger charge is -2.05. The number of hydrogen-bond donors (Lipinski definition) is 2. The number of hydrogen-bond acceptors (Lipinski definition) is 3. The van der Waals surface area contributed by atoms with Crippen molar-refractivity contribution >= 4 is 11.5 Å². The van der Waals surface area contributed by atoms with E-state index in [-0.39, 0.29) is 18.1 Å². The van der Waals surface area contributed by atoms with Gasteiger partial charge in [0, 0.05) is 11.3 Å². The SMILES string of the molecule is Nc1ccc(C(=O)CNCCc2ccc(F)cc2)cc1. The van der Waals surface area contributed by atoms with Crippen molar-refractivity contribution < 1.29 is 9.18 Å². The van der Waals surface area contributed by atoms with Crippen molar-refractivity contribution in [2.45, 2.75) is 6.42 Å². The molecule has 3 nitrogen and oxygen atoms in total. The Bertz CT molecular complexity index is 564. The van der Waals surface area contributed by atoms with E-state index in [4.69, 9.17) is 5.73 Å². The molecule has 20 heavy (non-hydrogen) atoms. The lowest BCUT2D eigenvalue weighted by Crippen LogP contribution is -2.25. The maximum Gasteiger partial charge on any atom is 0.176 e. The van der Waals surface area contributed by atoms with Crippen LogP contribution in [0.3, 0.4) is 0 Å². The second-order valence-electron chi connectivity index (χ2n) is 4.60. The molecule has 0 aromatic heterocycles. The third-order valence-corrected chi connectivity index (χ3v) is 3.02. The van der Waals surface area contributed by atoms with Crippen molar-refractivity contribution in [1.29, 1.82) is 0 Å². The number of anilines is 1. The summed E-state index contributed by atoms with van der Waals surface area (Å²) in [6.45, 7) is 0.956. The van der Waals surface area contributed by atoms with Gasteiger partial charge in [0.1, 0.15) is 5.82 Å². The fourth-order valence-electron chi connectivity index (χ4n) is 1.86. The van der Waals surface area contributed by atoms with Crippen LogP contribution in [0.2, 0.25) is 0 Å². The number of carbonyl (C=O) groups is 1. The number of nitrogens with two attached hydrogens (primary N) is 1. The average Bonchev–Trinajstić information content (AvgIpc) is 2.46. The van der Waals surface area contributed by atoms with E-state index in [1.54, 1.807) is 36.4 Å². The molecule has 0 amide bonds. The Morgan fingerprint density at radius 3 is 2.35 bits per heavy atom. The molecule has 4 heteroatoms. The summed E-state index contributed by atoms with van der Waals surface area (Å²) in [5, 5.41) is 3.09. The molecule has 0 radical (unpaired) electrons. The fraction of sp³-hybridized carbons (Fsp3) is 0.188. The van der Waals surface area contributed by atoms with Gasteiger partial charge in [0.15, 0.2) is 5.78 Å². The van der Waals surface area contributed by atoms with Crippen LogP contribution in [0.4, 0.5) is 10.1 Å². The molecule has 0 unspecified atom stereocenters. The highest BCUT2D eigenvalue weighted by Gasteiger charge is 2.04. The molecule has 0 fully saturated rings. The van der Waals surface area contributed by atoms with Crippen LogP contribution in [0.5, 0.6) is 0 Å². The first-order valence-corrected chi connectivity index (χ1v) is 6.49. The summed E-state index contributed by atoms with van der Waals surface area (Å²) < 4.78 is 12.7. The number of Topliss-reactive ketones (excluding diaryl/α,β-unsaturated/α-hetero) is 1. The van der Waals surface area contributed by atoms with Crippen LogP contribution in [0, 0.1) is 5.82 Å². The van der Waals surface area contributed by atoms with Crippen LogP contribution in [0.1, 0.15) is 15.9 Å². The van der Waals surface area contributed by atoms with Crippen LogP contribution in [-0.4, -0.2) is 18.9 Å². The van der Waals surface area contributed by atoms with E-state index in [0.29, 0.717) is 17.8 Å². The smallest absolute Gasteiger partial charge is 0.176 e. The topological polar surface area (TPSA) is 55.1 Å². The molecule has 0 heterocycles. The van der Waals surface area contributed by atoms with Gasteiger partial charge in [-0.25, -0.2) is 4.39 Å². The summed E-state index contributed by atoms with van der Waals surface area (Å²) in [5.74, 6) is -0.204. The van der Waals surface area contributed by atoms with E-state index in [2.05, 4.69) is 5.32 Å². The minimum atomic E-state index is -0.236. The molecule has 0 atom stereocenters. The van der Waals surface area contributed by atoms with E-state index < -0.39 is 0 Å². The lowest BCUT2D eigenvalue weighted by molar-refractivity contribution is 0.0991. The zero-order chi connectivity index (χ0) is 14.4. The zero-order valence-corrected chi connectivity index (χ0v) is 11.1. The van der Waals surface area contributed by atoms with Crippen molar-refractivity contribution in [2.24, 2.45) is 0 Å². The maximum absolute atomic E-state index is 12.7. The Morgan fingerprint density at radius 2 is 1.70 bits per heavy atom. The minimum Gasteiger partial charge on any atom is -0.399 e. The van der Waals surface area contributed by atoms with Gasteiger partial charge in [-0.15, -0.1) is 0 Å². The van der Waals surface area contributed by atoms with Crippen LogP contribution >= 0.6 is 0 Å². The highest BCUT2D eigenvalue weighted by Crippen LogP contribution is 2.06. The van der Waals surface area contributed by atoms with E-state index >= 15 is 0 Å². The van der Waals surface area contributed by atoms with E-state index in [0.717, 1.165) is 12.0 Å². The highest BCUT2D eigenvalue weighted by atomic mass is 19.1. The van der Waals surface area contributed by atoms with Gasteiger partial charge in [0.2, 0.25) is 0 Å². The molecule has 2 aromatic carbocycles. The molecular formula is C16H17FN2O. The predicted octanol–water partition coefficient (Wildman–Crippen LogP) is 2.42. The Kier molecular flexibility index (Phi) is 4.85. The van der Waals surface area contributed by atoms with Gasteiger partial charge < -0.3 is 11.1 Å². The van der Waals surface area contributed by atoms with Crippen LogP contribution < -0.4 is 11.1 Å². The number of halogens is 1. The van der Waals surface area contributed by atoms with Gasteiger partial charge in [0.05, 0.1) is 6.54 Å². The average molecular weight is 272 g/mol. The highest BCUT2D eigenvalue weighted by molar-refractivity contribution is 5.97. The number of benzene rings is 2. The molecule has 0 aliphatic carbocycles. The summed E-state index contributed by atoms with van der Waals surface area (Å²) in [4.78, 5) is 11.9. The number of ketones is 1. The minimum absolute atomic E-state index is 0.0316. The number of nitrogen functional groups attached to an aromatic ring is 1. The Labute approximate surface area is 117 Å². The summed E-state index contributed by atoms with van der Waals surface area (Å²) >= 11 is 0. The molecule has 0 saturated heterocycles. The Morgan fingerprint density at radius 1 is 1.05 bits per heavy atom. The first-order valence-electron chi connectivity index (χ1n) is 6.49. The quantitative estimate of drug-likeness (QED) is 0.482. The van der Waals surface area contributed by atoms with Gasteiger partial charge >= 0.3 is 0 Å². The molecule has 0 bridgehead atoms. The standard InChI is InChI=1S/C16H17FN2O/c17-14-5-1-12(2-6-14)9-10-19-11-16(20)13-3-7-15(18)8-4-13/h1-8,19H,9-11,18H2. The number of nitrogens with one attached hydrogen (secondary N) is 1. The Hall–Kier alpha value is -2.20. The third kappa shape index (κ3) is 4.17. The van der Waals surface area contributed by atoms with E-state index in [9.17, 15) is 9.18 Å². The number of carbonyl (C=O) groups excluding carboxylic acids is 1. The first-order chi connectivity index (χ1) is 9.65. The molecule has 0 aliphatic rings. The van der Waals surface area contributed by atoms with Crippen molar-refractivity contribution in [3.8, 4) is 0 Å². The molecule has 0 saturated carbocycles. The van der Waals surface area contributed by atoms with Crippen molar-refractivity contribution in [1.82, 2.24) is 5.32 Å². The van der Waals surface area contributed by atoms with E-state index in [1.807, 2.05) is 0 Å². The van der Waals surface area contributed by atoms with Crippen LogP contribution in [0.25, 0.3) is 0 Å². The number of rotatable bonds is 6. The predicted molar refractivity (Wildman–Crippen MR) is 78.2 cm³/mol. The molecule has 3 N–H and O–H groups in total. The second kappa shape index (κ2) is 6.82. The molecule has 2 rings (SSSR count). The first kappa shape index (κ1) is 14.2. The van der Waals surface area contributed by atoms with Gasteiger partial charge in [-0.05, 0) is 54.9 Å². The fourth-order valence-corrected chi connectivity index (χ4v) is 1.86. The third-order valence-electron chi connectivity index (χ3n) is 3.02. The lowest BCUT2D eigenvalue weighted by atomic mass is 10.1. The summed E-state index contributed by atoms with van der Waals surface area (Å²) in [6, 6.07) is 13.2. The van der Waals surface area contributed by atoms with Gasteiger partial charge in [-0.2, -0.15) is 0 Å². The Balaban J connectivity index is 1.74. The van der Waals surface area contributed by atoms with Crippen molar-refractivity contribution in [3.05, 3.63) is 65.5 Å². The molecule has 0 spiro atoms. The summed E-state index contributed by atoms with van der Waals surface area (Å²) in [5.41, 5.74) is 7.90. The maximum atomic E-state index is 12.7. The van der Waals surface area contributed by atoms with Crippen molar-refractivity contribution in [2.75, 3.05) is 18.8 Å². The molecular weight excluding hydrogens is 255 g/mol. The second-order valence-corrected chi connectivity index (χ2v) is 4.60. The molecule has 104 valence electrons. The van der Waals surface area contributed by atoms with Gasteiger partial charge in [-0.1, -0.05) is 12.1 Å². The monoisotopic (exact) mass is 272 g/mol. The zero-order valence-electron chi connectivity index (χ0n) is 11.1. The molecule has 2 aromatic rings. The van der Waals surface area contributed by atoms with Crippen molar-refractivity contribution in [3.63, 3.8) is 0 Å². The van der Waals surface area contributed by atoms with Crippen LogP contribution in [-0.2, 0) is 6.42 Å². The van der Waals surface area contributed by atoms with Gasteiger partial charge in [0.25, 0.3) is 0 Å². The van der Waals surface area contributed by atoms with Crippen LogP contribution in [0.15, 0.2) is 48.5 Å². The largest absolute Gasteiger partial charge is 0.399 e. The van der Waals surface area contributed by atoms with Gasteiger partial charge in [-0.3, -0.25) is 4.79 Å². The normalized spacial score (nSPS) is 10.4. The van der Waals surface area contributed by atoms with E-state index in [1.165, 1.54) is 12.1 Å². The summed E-state index contributed by atoms with van der Waals surface area (Å²) in [7, 11) is 0. The summed E-state index contributed by atoms with van der Waals surface area (Å²) in [6.07, 6.45) is 0.759.